The first kappa shape index (κ1) is 26.6. The molecule has 0 spiro atoms. The van der Waals surface area contributed by atoms with Gasteiger partial charge in [0.15, 0.2) is 0 Å². The molecule has 4 heteroatoms. The van der Waals surface area contributed by atoms with Crippen LogP contribution in [0.5, 0.6) is 5.75 Å². The molecule has 3 aromatic rings. The van der Waals surface area contributed by atoms with Crippen molar-refractivity contribution in [3.05, 3.63) is 59.0 Å². The molecule has 0 fully saturated rings. The zero-order valence-corrected chi connectivity index (χ0v) is 25.3. The minimum atomic E-state index is -2.32. The Balaban J connectivity index is 1.79. The topological polar surface area (TPSA) is 9.23 Å². The van der Waals surface area contributed by atoms with E-state index in [1.54, 1.807) is 20.4 Å². The Labute approximate surface area is 213 Å². The van der Waals surface area contributed by atoms with Crippen LogP contribution in [0, 0.1) is 0 Å². The molecule has 0 radical (unpaired) electrons. The zero-order valence-electron chi connectivity index (χ0n) is 20.9. The molecule has 0 unspecified atom stereocenters. The van der Waals surface area contributed by atoms with Gasteiger partial charge >= 0.3 is 203 Å². The zero-order chi connectivity index (χ0) is 23.5. The molecule has 0 saturated heterocycles. The van der Waals surface area contributed by atoms with Crippen LogP contribution in [0.3, 0.4) is 0 Å². The van der Waals surface area contributed by atoms with Gasteiger partial charge in [-0.2, -0.15) is 0 Å². The van der Waals surface area contributed by atoms with E-state index in [0.29, 0.717) is 0 Å². The van der Waals surface area contributed by atoms with Gasteiger partial charge in [-0.1, -0.05) is 0 Å². The van der Waals surface area contributed by atoms with E-state index in [9.17, 15) is 0 Å². The number of ether oxygens (including phenoxy) is 1. The van der Waals surface area contributed by atoms with Crippen LogP contribution in [0.2, 0.25) is 13.3 Å². The Hall–Kier alpha value is -1.04. The van der Waals surface area contributed by atoms with E-state index >= 15 is 0 Å². The molecule has 0 bridgehead atoms. The van der Waals surface area contributed by atoms with Crippen molar-refractivity contribution < 1.29 is 4.74 Å². The van der Waals surface area contributed by atoms with E-state index in [2.05, 4.69) is 80.7 Å². The first-order chi connectivity index (χ1) is 16.1. The van der Waals surface area contributed by atoms with Crippen LogP contribution in [0.15, 0.2) is 48.5 Å². The van der Waals surface area contributed by atoms with Gasteiger partial charge in [0.2, 0.25) is 0 Å². The summed E-state index contributed by atoms with van der Waals surface area (Å²) in [5.41, 5.74) is 1.20. The number of hydrogen-bond acceptors (Lipinski definition) is 3. The Morgan fingerprint density at radius 1 is 0.697 bits per heavy atom. The van der Waals surface area contributed by atoms with Crippen molar-refractivity contribution in [2.75, 3.05) is 7.11 Å². The average Bonchev–Trinajstić information content (AvgIpc) is 3.53. The third-order valence-electron chi connectivity index (χ3n) is 6.58. The number of methoxy groups -OCH3 is 1. The molecule has 1 nitrogen and oxygen atoms in total. The minimum absolute atomic E-state index is 0.900. The van der Waals surface area contributed by atoms with E-state index in [4.69, 9.17) is 4.74 Å². The second-order valence-electron chi connectivity index (χ2n) is 9.06. The fraction of sp³-hybridized carbons (Fsp3) is 0.448. The molecule has 2 aromatic heterocycles. The summed E-state index contributed by atoms with van der Waals surface area (Å²) in [5.74, 6) is 0.900. The maximum absolute atomic E-state index is 5.26. The molecule has 0 amide bonds. The quantitative estimate of drug-likeness (QED) is 0.171. The fourth-order valence-corrected chi connectivity index (χ4v) is 25.7. The molecule has 0 aliphatic rings. The van der Waals surface area contributed by atoms with Gasteiger partial charge in [-0.05, 0) is 0 Å². The number of benzene rings is 1. The SMILES string of the molecule is CCC[CH2][Sn]([CH2]CCC)([CH2]CCC)[c]1ccc(-c2ccc(/C=C/c3ccc(OC)cc3)s2)s1. The summed E-state index contributed by atoms with van der Waals surface area (Å²) in [7, 11) is 1.71. The number of rotatable bonds is 14. The number of thiophene rings is 2. The van der Waals surface area contributed by atoms with Gasteiger partial charge in [0, 0.05) is 0 Å². The van der Waals surface area contributed by atoms with E-state index in [1.165, 1.54) is 58.7 Å². The third kappa shape index (κ3) is 7.47. The van der Waals surface area contributed by atoms with Gasteiger partial charge in [0.05, 0.1) is 7.11 Å². The molecule has 0 atom stereocenters. The van der Waals surface area contributed by atoms with Gasteiger partial charge in [-0.3, -0.25) is 0 Å². The molecular formula is C29H40OS2Sn. The van der Waals surface area contributed by atoms with E-state index in [1.807, 2.05) is 26.4 Å². The summed E-state index contributed by atoms with van der Waals surface area (Å²) in [4.78, 5) is 4.21. The first-order valence-electron chi connectivity index (χ1n) is 12.7. The van der Waals surface area contributed by atoms with Crippen LogP contribution in [-0.4, -0.2) is 25.5 Å². The molecule has 0 aliphatic carbocycles. The Morgan fingerprint density at radius 3 is 1.85 bits per heavy atom. The van der Waals surface area contributed by atoms with E-state index in [0.717, 1.165) is 5.75 Å². The molecule has 2 heterocycles. The van der Waals surface area contributed by atoms with Crippen LogP contribution >= 0.6 is 22.7 Å². The Morgan fingerprint density at radius 2 is 1.27 bits per heavy atom. The summed E-state index contributed by atoms with van der Waals surface area (Å²) >= 11 is 1.73. The Bertz CT molecular complexity index is 961. The summed E-state index contributed by atoms with van der Waals surface area (Å²) in [6.45, 7) is 7.09. The summed E-state index contributed by atoms with van der Waals surface area (Å²) in [6, 6.07) is 17.8. The molecule has 0 saturated carbocycles. The monoisotopic (exact) mass is 588 g/mol. The second-order valence-corrected chi connectivity index (χ2v) is 25.4. The van der Waals surface area contributed by atoms with Crippen molar-refractivity contribution >= 4 is 56.1 Å². The number of unbranched alkanes of at least 4 members (excludes halogenated alkanes) is 3. The standard InChI is InChI=1S/C17H13OS2.3C4H9.Sn/c1-18-14-7-4-13(5-8-14)6-9-15-10-11-17(20-15)16-3-2-12-19-16;3*1-3-4-2;/h2-11H,1H3;3*1,3-4H2,2H3;/b9-6+;;;;. The van der Waals surface area contributed by atoms with Gasteiger partial charge < -0.3 is 4.74 Å². The van der Waals surface area contributed by atoms with Gasteiger partial charge in [-0.25, -0.2) is 0 Å². The number of hydrogen-bond donors (Lipinski definition) is 0. The third-order valence-corrected chi connectivity index (χ3v) is 27.2. The molecule has 33 heavy (non-hydrogen) atoms. The van der Waals surface area contributed by atoms with Crippen molar-refractivity contribution in [3.8, 4) is 15.5 Å². The first-order valence-corrected chi connectivity index (χ1v) is 21.8. The molecular weight excluding hydrogens is 547 g/mol. The van der Waals surface area contributed by atoms with Crippen molar-refractivity contribution in [2.45, 2.75) is 72.6 Å². The van der Waals surface area contributed by atoms with Crippen molar-refractivity contribution in [1.29, 1.82) is 0 Å². The molecule has 0 aliphatic heterocycles. The Kier molecular flexibility index (Phi) is 11.1. The predicted octanol–water partition coefficient (Wildman–Crippen LogP) is 9.71. The van der Waals surface area contributed by atoms with E-state index < -0.39 is 18.4 Å². The van der Waals surface area contributed by atoms with Crippen LogP contribution in [0.25, 0.3) is 21.9 Å². The van der Waals surface area contributed by atoms with Crippen molar-refractivity contribution in [1.82, 2.24) is 0 Å². The van der Waals surface area contributed by atoms with Crippen molar-refractivity contribution in [3.63, 3.8) is 0 Å². The van der Waals surface area contributed by atoms with Crippen LogP contribution in [0.4, 0.5) is 0 Å². The molecule has 1 aromatic carbocycles. The fourth-order valence-electron chi connectivity index (χ4n) is 4.51. The average molecular weight is 587 g/mol. The normalized spacial score (nSPS) is 12.0. The second kappa shape index (κ2) is 13.7. The van der Waals surface area contributed by atoms with Crippen LogP contribution in [-0.2, 0) is 0 Å². The molecule has 3 rings (SSSR count). The molecule has 178 valence electrons. The van der Waals surface area contributed by atoms with Gasteiger partial charge in [-0.15, -0.1) is 0 Å². The summed E-state index contributed by atoms with van der Waals surface area (Å²) < 4.78 is 11.7. The van der Waals surface area contributed by atoms with Crippen LogP contribution < -0.4 is 7.63 Å². The summed E-state index contributed by atoms with van der Waals surface area (Å²) in [5, 5.41) is 0. The molecule has 0 N–H and O–H groups in total. The van der Waals surface area contributed by atoms with Gasteiger partial charge in [0.1, 0.15) is 0 Å². The van der Waals surface area contributed by atoms with Crippen molar-refractivity contribution in [2.24, 2.45) is 0 Å². The summed E-state index contributed by atoms with van der Waals surface area (Å²) in [6.07, 6.45) is 12.7. The van der Waals surface area contributed by atoms with E-state index in [-0.39, 0.29) is 0 Å². The predicted molar refractivity (Wildman–Crippen MR) is 154 cm³/mol. The van der Waals surface area contributed by atoms with Crippen LogP contribution in [0.1, 0.15) is 69.7 Å². The maximum atomic E-state index is 5.26. The van der Waals surface area contributed by atoms with Gasteiger partial charge in [0.25, 0.3) is 0 Å².